The van der Waals surface area contributed by atoms with Gasteiger partial charge in [0.2, 0.25) is 11.6 Å². The Morgan fingerprint density at radius 1 is 1.03 bits per heavy atom. The summed E-state index contributed by atoms with van der Waals surface area (Å²) in [5.41, 5.74) is -0.779. The van der Waals surface area contributed by atoms with Crippen molar-refractivity contribution >= 4 is 17.6 Å². The van der Waals surface area contributed by atoms with E-state index < -0.39 is 35.4 Å². The Labute approximate surface area is 183 Å². The molecule has 0 unspecified atom stereocenters. The largest absolute Gasteiger partial charge is 0.494 e. The average molecular weight is 438 g/mol. The first-order chi connectivity index (χ1) is 15.3. The lowest BCUT2D eigenvalue weighted by Gasteiger charge is -2.12. The quantitative estimate of drug-likeness (QED) is 0.555. The summed E-state index contributed by atoms with van der Waals surface area (Å²) in [6, 6.07) is 13.3. The van der Waals surface area contributed by atoms with Crippen LogP contribution in [0.25, 0.3) is 5.69 Å². The molecule has 1 aromatic heterocycles. The maximum absolute atomic E-state index is 13.0. The summed E-state index contributed by atoms with van der Waals surface area (Å²) in [6.07, 6.45) is 0. The number of nitrogens with one attached hydrogen (secondary N) is 1. The van der Waals surface area contributed by atoms with Crippen LogP contribution in [0.5, 0.6) is 5.75 Å². The van der Waals surface area contributed by atoms with Gasteiger partial charge in [0.05, 0.1) is 19.4 Å². The zero-order valence-corrected chi connectivity index (χ0v) is 17.8. The Balaban J connectivity index is 1.97. The Hall–Kier alpha value is -4.21. The monoisotopic (exact) mass is 438 g/mol. The normalized spacial score (nSPS) is 10.5. The summed E-state index contributed by atoms with van der Waals surface area (Å²) in [4.78, 5) is 50.3. The second-order valence-electron chi connectivity index (χ2n) is 6.77. The lowest BCUT2D eigenvalue weighted by Crippen LogP contribution is -2.46. The van der Waals surface area contributed by atoms with E-state index >= 15 is 0 Å². The van der Waals surface area contributed by atoms with Crippen LogP contribution < -0.4 is 21.3 Å². The highest BCUT2D eigenvalue weighted by Gasteiger charge is 2.22. The third-order valence-electron chi connectivity index (χ3n) is 4.47. The van der Waals surface area contributed by atoms with Crippen LogP contribution in [-0.4, -0.2) is 39.9 Å². The third kappa shape index (κ3) is 4.91. The molecule has 0 saturated carbocycles. The standard InChI is InChI=1S/C22H22N4O6/c1-4-32-17-11-7-15(8-12-17)23-18(27)13-25-20(28)19(21(29)31-3)24-26(22(25)30)16-9-5-14(2)6-10-16/h5-12H,4,13H2,1-3H3,(H,23,27). The smallest absolute Gasteiger partial charge is 0.364 e. The maximum atomic E-state index is 13.0. The number of esters is 1. The number of aryl methyl sites for hydroxylation is 1. The van der Waals surface area contributed by atoms with Gasteiger partial charge in [-0.1, -0.05) is 17.7 Å². The highest BCUT2D eigenvalue weighted by molar-refractivity contribution is 5.91. The van der Waals surface area contributed by atoms with E-state index in [0.717, 1.165) is 17.4 Å². The van der Waals surface area contributed by atoms with Gasteiger partial charge in [-0.25, -0.2) is 14.2 Å². The second kappa shape index (κ2) is 9.73. The van der Waals surface area contributed by atoms with Gasteiger partial charge in [-0.2, -0.15) is 9.78 Å². The van der Waals surface area contributed by atoms with Gasteiger partial charge in [0.15, 0.2) is 0 Å². The van der Waals surface area contributed by atoms with Gasteiger partial charge in [-0.05, 0) is 50.2 Å². The molecule has 0 aliphatic carbocycles. The first kappa shape index (κ1) is 22.5. The first-order valence-electron chi connectivity index (χ1n) is 9.76. The van der Waals surface area contributed by atoms with Crippen LogP contribution in [0.2, 0.25) is 0 Å². The Kier molecular flexibility index (Phi) is 6.83. The van der Waals surface area contributed by atoms with Crippen LogP contribution in [0.15, 0.2) is 58.1 Å². The molecule has 1 heterocycles. The molecular formula is C22H22N4O6. The summed E-state index contributed by atoms with van der Waals surface area (Å²) >= 11 is 0. The van der Waals surface area contributed by atoms with Gasteiger partial charge in [0.1, 0.15) is 12.3 Å². The lowest BCUT2D eigenvalue weighted by molar-refractivity contribution is -0.116. The summed E-state index contributed by atoms with van der Waals surface area (Å²) in [7, 11) is 1.09. The van der Waals surface area contributed by atoms with Crippen molar-refractivity contribution in [3.8, 4) is 11.4 Å². The highest BCUT2D eigenvalue weighted by Crippen LogP contribution is 2.15. The number of ether oxygens (including phenoxy) is 2. The number of hydrogen-bond donors (Lipinski definition) is 1. The van der Waals surface area contributed by atoms with Crippen molar-refractivity contribution in [3.05, 3.63) is 80.6 Å². The van der Waals surface area contributed by atoms with Gasteiger partial charge in [0, 0.05) is 5.69 Å². The van der Waals surface area contributed by atoms with Gasteiger partial charge in [0.25, 0.3) is 5.56 Å². The van der Waals surface area contributed by atoms with E-state index in [0.29, 0.717) is 28.3 Å². The van der Waals surface area contributed by atoms with E-state index in [-0.39, 0.29) is 0 Å². The molecule has 0 bridgehead atoms. The minimum Gasteiger partial charge on any atom is -0.494 e. The zero-order valence-electron chi connectivity index (χ0n) is 17.8. The van der Waals surface area contributed by atoms with E-state index in [9.17, 15) is 19.2 Å². The summed E-state index contributed by atoms with van der Waals surface area (Å²) in [5, 5.41) is 6.48. The molecule has 2 aromatic carbocycles. The topological polar surface area (TPSA) is 122 Å². The number of carbonyl (C=O) groups excluding carboxylic acids is 2. The number of amides is 1. The van der Waals surface area contributed by atoms with Crippen molar-refractivity contribution < 1.29 is 19.1 Å². The molecule has 0 saturated heterocycles. The maximum Gasteiger partial charge on any atom is 0.364 e. The molecule has 0 atom stereocenters. The summed E-state index contributed by atoms with van der Waals surface area (Å²) in [6.45, 7) is 3.61. The third-order valence-corrected chi connectivity index (χ3v) is 4.47. The van der Waals surface area contributed by atoms with Crippen molar-refractivity contribution in [2.45, 2.75) is 20.4 Å². The van der Waals surface area contributed by atoms with E-state index in [1.54, 1.807) is 48.5 Å². The molecule has 3 aromatic rings. The minimum absolute atomic E-state index is 0.325. The SMILES string of the molecule is CCOc1ccc(NC(=O)Cn2c(=O)c(C(=O)OC)nn(-c3ccc(C)cc3)c2=O)cc1. The molecular weight excluding hydrogens is 416 g/mol. The fourth-order valence-corrected chi connectivity index (χ4v) is 2.88. The number of carbonyl (C=O) groups is 2. The molecule has 0 aliphatic heterocycles. The molecule has 1 amide bonds. The molecule has 3 rings (SSSR count). The van der Waals surface area contributed by atoms with Crippen LogP contribution in [0, 0.1) is 6.92 Å². The average Bonchev–Trinajstić information content (AvgIpc) is 2.78. The number of rotatable bonds is 7. The van der Waals surface area contributed by atoms with Crippen molar-refractivity contribution in [3.63, 3.8) is 0 Å². The van der Waals surface area contributed by atoms with Gasteiger partial charge < -0.3 is 14.8 Å². The van der Waals surface area contributed by atoms with Crippen molar-refractivity contribution in [2.24, 2.45) is 0 Å². The molecule has 0 spiro atoms. The molecule has 0 fully saturated rings. The minimum atomic E-state index is -1.02. The van der Waals surface area contributed by atoms with Gasteiger partial charge in [-0.3, -0.25) is 9.59 Å². The van der Waals surface area contributed by atoms with Crippen LogP contribution >= 0.6 is 0 Å². The predicted octanol–water partition coefficient (Wildman–Crippen LogP) is 1.53. The van der Waals surface area contributed by atoms with Crippen molar-refractivity contribution in [1.82, 2.24) is 14.3 Å². The lowest BCUT2D eigenvalue weighted by atomic mass is 10.2. The fourth-order valence-electron chi connectivity index (χ4n) is 2.88. The van der Waals surface area contributed by atoms with Gasteiger partial charge >= 0.3 is 11.7 Å². The van der Waals surface area contributed by atoms with Crippen molar-refractivity contribution in [2.75, 3.05) is 19.0 Å². The van der Waals surface area contributed by atoms with Gasteiger partial charge in [-0.15, -0.1) is 0 Å². The molecule has 1 N–H and O–H groups in total. The molecule has 0 aliphatic rings. The highest BCUT2D eigenvalue weighted by atomic mass is 16.5. The summed E-state index contributed by atoms with van der Waals surface area (Å²) in [5.74, 6) is -1.01. The van der Waals surface area contributed by atoms with Crippen LogP contribution in [0.3, 0.4) is 0 Å². The number of anilines is 1. The van der Waals surface area contributed by atoms with E-state index in [4.69, 9.17) is 4.74 Å². The van der Waals surface area contributed by atoms with E-state index in [2.05, 4.69) is 15.2 Å². The number of aromatic nitrogens is 3. The predicted molar refractivity (Wildman–Crippen MR) is 116 cm³/mol. The Morgan fingerprint density at radius 2 is 1.69 bits per heavy atom. The van der Waals surface area contributed by atoms with Crippen molar-refractivity contribution in [1.29, 1.82) is 0 Å². The molecule has 166 valence electrons. The number of nitrogens with zero attached hydrogens (tertiary/aromatic N) is 3. The fraction of sp³-hybridized carbons (Fsp3) is 0.227. The molecule has 10 heteroatoms. The molecule has 32 heavy (non-hydrogen) atoms. The second-order valence-corrected chi connectivity index (χ2v) is 6.77. The molecule has 0 radical (unpaired) electrons. The summed E-state index contributed by atoms with van der Waals surface area (Å²) < 4.78 is 11.5. The number of methoxy groups -OCH3 is 1. The van der Waals surface area contributed by atoms with Crippen LogP contribution in [-0.2, 0) is 16.1 Å². The van der Waals surface area contributed by atoms with E-state index in [1.165, 1.54) is 0 Å². The molecule has 10 nitrogen and oxygen atoms in total. The Bertz CT molecular complexity index is 1240. The number of hydrogen-bond acceptors (Lipinski definition) is 7. The first-order valence-corrected chi connectivity index (χ1v) is 9.76. The Morgan fingerprint density at radius 3 is 2.28 bits per heavy atom. The van der Waals surface area contributed by atoms with E-state index in [1.807, 2.05) is 13.8 Å². The zero-order chi connectivity index (χ0) is 23.3. The van der Waals surface area contributed by atoms with Crippen LogP contribution in [0.1, 0.15) is 23.0 Å². The van der Waals surface area contributed by atoms with Crippen LogP contribution in [0.4, 0.5) is 5.69 Å². The number of benzene rings is 2.